The molecule has 0 bridgehead atoms. The largest absolute Gasteiger partial charge is 0.456 e. The molecule has 1 heterocycles. The first-order chi connectivity index (χ1) is 15.8. The summed E-state index contributed by atoms with van der Waals surface area (Å²) in [6.07, 6.45) is 19.3. The summed E-state index contributed by atoms with van der Waals surface area (Å²) in [5.74, 6) is 1.68. The lowest BCUT2D eigenvalue weighted by Gasteiger charge is -2.24. The molecule has 2 nitrogen and oxygen atoms in total. The zero-order valence-electron chi connectivity index (χ0n) is 19.9. The Hall–Kier alpha value is -2.35. The Morgan fingerprint density at radius 3 is 1.56 bits per heavy atom. The van der Waals surface area contributed by atoms with Gasteiger partial charge in [-0.3, -0.25) is 4.79 Å². The van der Waals surface area contributed by atoms with Gasteiger partial charge in [0.25, 0.3) is 0 Å². The Bertz CT molecular complexity index is 817. The summed E-state index contributed by atoms with van der Waals surface area (Å²) in [7, 11) is 0. The highest BCUT2D eigenvalue weighted by Gasteiger charge is 2.23. The van der Waals surface area contributed by atoms with Crippen molar-refractivity contribution in [1.82, 2.24) is 0 Å². The van der Waals surface area contributed by atoms with E-state index in [1.165, 1.54) is 77.0 Å². The average molecular weight is 433 g/mol. The molecule has 0 N–H and O–H groups in total. The van der Waals surface area contributed by atoms with Gasteiger partial charge in [0.15, 0.2) is 0 Å². The van der Waals surface area contributed by atoms with Gasteiger partial charge >= 0.3 is 0 Å². The number of rotatable bonds is 15. The number of allylic oxidation sites excluding steroid dienone is 1. The predicted octanol–water partition coefficient (Wildman–Crippen LogP) is 9.27. The third-order valence-electron chi connectivity index (χ3n) is 6.55. The van der Waals surface area contributed by atoms with E-state index in [0.717, 1.165) is 52.9 Å². The fourth-order valence-electron chi connectivity index (χ4n) is 4.71. The van der Waals surface area contributed by atoms with Crippen LogP contribution in [0, 0.1) is 0 Å². The van der Waals surface area contributed by atoms with Gasteiger partial charge in [-0.1, -0.05) is 120 Å². The number of hydrogen-bond donors (Lipinski definition) is 0. The van der Waals surface area contributed by atoms with Crippen molar-refractivity contribution in [2.75, 3.05) is 0 Å². The van der Waals surface area contributed by atoms with Crippen LogP contribution in [0.5, 0.6) is 11.5 Å². The van der Waals surface area contributed by atoms with Crippen molar-refractivity contribution in [2.45, 2.75) is 96.8 Å². The summed E-state index contributed by atoms with van der Waals surface area (Å²) in [6, 6.07) is 16.1. The lowest BCUT2D eigenvalue weighted by molar-refractivity contribution is -0.105. The molecule has 0 saturated carbocycles. The maximum atomic E-state index is 12.1. The smallest absolute Gasteiger partial charge is 0.146 e. The van der Waals surface area contributed by atoms with Crippen molar-refractivity contribution in [1.29, 1.82) is 0 Å². The maximum absolute atomic E-state index is 12.1. The van der Waals surface area contributed by atoms with Crippen molar-refractivity contribution < 1.29 is 9.53 Å². The fourth-order valence-corrected chi connectivity index (χ4v) is 4.71. The minimum Gasteiger partial charge on any atom is -0.456 e. The lowest BCUT2D eigenvalue weighted by atomic mass is 9.88. The summed E-state index contributed by atoms with van der Waals surface area (Å²) in [4.78, 5) is 12.1. The third kappa shape index (κ3) is 7.08. The predicted molar refractivity (Wildman–Crippen MR) is 135 cm³/mol. The molecular formula is C30H40O2. The number of ether oxygens (including phenoxy) is 1. The van der Waals surface area contributed by atoms with Crippen LogP contribution in [0.4, 0.5) is 0 Å². The van der Waals surface area contributed by atoms with Crippen LogP contribution in [0.25, 0.3) is 5.57 Å². The molecule has 3 rings (SSSR count). The first-order valence-electron chi connectivity index (χ1n) is 12.9. The second-order valence-electron chi connectivity index (χ2n) is 9.11. The number of aldehydes is 1. The average Bonchev–Trinajstić information content (AvgIpc) is 2.83. The maximum Gasteiger partial charge on any atom is 0.146 e. The summed E-state index contributed by atoms with van der Waals surface area (Å²) < 4.78 is 6.07. The second kappa shape index (κ2) is 13.9. The highest BCUT2D eigenvalue weighted by atomic mass is 16.5. The molecule has 0 aromatic heterocycles. The van der Waals surface area contributed by atoms with E-state index < -0.39 is 0 Å². The van der Waals surface area contributed by atoms with Gasteiger partial charge in [0.05, 0.1) is 0 Å². The molecule has 0 unspecified atom stereocenters. The lowest BCUT2D eigenvalue weighted by Crippen LogP contribution is -2.05. The van der Waals surface area contributed by atoms with Gasteiger partial charge in [-0.15, -0.1) is 0 Å². The zero-order valence-corrected chi connectivity index (χ0v) is 19.9. The molecule has 2 aromatic carbocycles. The van der Waals surface area contributed by atoms with Crippen molar-refractivity contribution in [3.63, 3.8) is 0 Å². The van der Waals surface area contributed by atoms with E-state index in [1.54, 1.807) is 0 Å². The number of carbonyl (C=O) groups excluding carboxylic acids is 1. The summed E-state index contributed by atoms with van der Waals surface area (Å²) in [5, 5.41) is 0. The van der Waals surface area contributed by atoms with E-state index in [0.29, 0.717) is 0 Å². The molecule has 0 atom stereocenters. The highest BCUT2D eigenvalue weighted by molar-refractivity contribution is 5.98. The standard InChI is InChI=1S/C30H40O2/c1-2-3-4-5-6-7-8-9-10-11-12-13-14-19-25(24-31)30-26-20-15-17-22-28(26)32-29-23-18-16-21-27(29)30/h15-18,20-24H,2-14,19H2,1H3. The van der Waals surface area contributed by atoms with Gasteiger partial charge in [-0.05, 0) is 25.0 Å². The SMILES string of the molecule is CCCCCCCCCCCCCCCC(C=O)=C1c2ccccc2Oc2ccccc21. The van der Waals surface area contributed by atoms with Gasteiger partial charge in [0.2, 0.25) is 0 Å². The van der Waals surface area contributed by atoms with Crippen LogP contribution >= 0.6 is 0 Å². The van der Waals surface area contributed by atoms with Crippen molar-refractivity contribution in [2.24, 2.45) is 0 Å². The molecule has 0 fully saturated rings. The van der Waals surface area contributed by atoms with Gasteiger partial charge in [0.1, 0.15) is 17.8 Å². The van der Waals surface area contributed by atoms with E-state index in [-0.39, 0.29) is 0 Å². The van der Waals surface area contributed by atoms with E-state index in [4.69, 9.17) is 4.74 Å². The molecule has 2 heteroatoms. The highest BCUT2D eigenvalue weighted by Crippen LogP contribution is 2.45. The minimum atomic E-state index is 0.833. The van der Waals surface area contributed by atoms with Crippen molar-refractivity contribution >= 4 is 11.9 Å². The first-order valence-corrected chi connectivity index (χ1v) is 12.9. The number of benzene rings is 2. The second-order valence-corrected chi connectivity index (χ2v) is 9.11. The van der Waals surface area contributed by atoms with Gasteiger partial charge in [-0.25, -0.2) is 0 Å². The molecule has 1 aliphatic heterocycles. The van der Waals surface area contributed by atoms with Crippen LogP contribution in [0.15, 0.2) is 54.1 Å². The Morgan fingerprint density at radius 1 is 0.656 bits per heavy atom. The van der Waals surface area contributed by atoms with E-state index in [1.807, 2.05) is 36.4 Å². The van der Waals surface area contributed by atoms with Crippen LogP contribution in [-0.4, -0.2) is 6.29 Å². The van der Waals surface area contributed by atoms with Crippen molar-refractivity contribution in [3.05, 3.63) is 65.2 Å². The number of fused-ring (bicyclic) bond motifs is 2. The van der Waals surface area contributed by atoms with Crippen LogP contribution in [0.3, 0.4) is 0 Å². The molecule has 0 amide bonds. The van der Waals surface area contributed by atoms with E-state index >= 15 is 0 Å². The van der Waals surface area contributed by atoms with Gasteiger partial charge in [-0.2, -0.15) is 0 Å². The zero-order chi connectivity index (χ0) is 22.4. The molecule has 0 saturated heterocycles. The van der Waals surface area contributed by atoms with Crippen LogP contribution in [0.1, 0.15) is 108 Å². The molecule has 2 aromatic rings. The summed E-state index contributed by atoms with van der Waals surface area (Å²) in [6.45, 7) is 2.28. The molecule has 0 aliphatic carbocycles. The van der Waals surface area contributed by atoms with Crippen LogP contribution in [0.2, 0.25) is 0 Å². The number of carbonyl (C=O) groups is 1. The summed E-state index contributed by atoms with van der Waals surface area (Å²) >= 11 is 0. The minimum absolute atomic E-state index is 0.833. The first kappa shape index (κ1) is 24.3. The molecular weight excluding hydrogens is 392 g/mol. The molecule has 172 valence electrons. The number of hydrogen-bond acceptors (Lipinski definition) is 2. The Balaban J connectivity index is 1.43. The van der Waals surface area contributed by atoms with Crippen LogP contribution < -0.4 is 4.74 Å². The topological polar surface area (TPSA) is 26.3 Å². The Morgan fingerprint density at radius 2 is 1.09 bits per heavy atom. The Labute approximate surface area is 195 Å². The number of para-hydroxylation sites is 2. The molecule has 0 spiro atoms. The Kier molecular flexibility index (Phi) is 10.6. The number of unbranched alkanes of at least 4 members (excludes halogenated alkanes) is 12. The van der Waals surface area contributed by atoms with E-state index in [2.05, 4.69) is 19.1 Å². The normalized spacial score (nSPS) is 12.1. The van der Waals surface area contributed by atoms with Crippen LogP contribution in [-0.2, 0) is 4.79 Å². The monoisotopic (exact) mass is 432 g/mol. The molecule has 1 aliphatic rings. The van der Waals surface area contributed by atoms with Gasteiger partial charge in [0, 0.05) is 22.3 Å². The third-order valence-corrected chi connectivity index (χ3v) is 6.55. The fraction of sp³-hybridized carbons (Fsp3) is 0.500. The van der Waals surface area contributed by atoms with Gasteiger partial charge < -0.3 is 4.74 Å². The summed E-state index contributed by atoms with van der Waals surface area (Å²) in [5.41, 5.74) is 4.01. The van der Waals surface area contributed by atoms with E-state index in [9.17, 15) is 4.79 Å². The molecule has 32 heavy (non-hydrogen) atoms. The molecule has 0 radical (unpaired) electrons. The quantitative estimate of drug-likeness (QED) is 0.136. The van der Waals surface area contributed by atoms with Crippen molar-refractivity contribution in [3.8, 4) is 11.5 Å².